The van der Waals surface area contributed by atoms with Crippen LogP contribution in [0.5, 0.6) is 0 Å². The van der Waals surface area contributed by atoms with Gasteiger partial charge in [-0.15, -0.1) is 0 Å². The van der Waals surface area contributed by atoms with Gasteiger partial charge in [-0.05, 0) is 37.6 Å². The van der Waals surface area contributed by atoms with E-state index in [0.29, 0.717) is 22.4 Å². The van der Waals surface area contributed by atoms with E-state index in [1.54, 1.807) is 24.3 Å². The number of hydrogen-bond acceptors (Lipinski definition) is 5. The molecule has 1 amide bonds. The second-order valence-corrected chi connectivity index (χ2v) is 6.22. The first-order valence-corrected chi connectivity index (χ1v) is 8.44. The van der Waals surface area contributed by atoms with E-state index >= 15 is 0 Å². The number of carbonyl (C=O) groups is 2. The summed E-state index contributed by atoms with van der Waals surface area (Å²) >= 11 is 0. The van der Waals surface area contributed by atoms with E-state index in [2.05, 4.69) is 5.32 Å². The van der Waals surface area contributed by atoms with E-state index in [0.717, 1.165) is 10.9 Å². The molecule has 1 atom stereocenters. The molecule has 0 bridgehead atoms. The molecule has 0 saturated carbocycles. The number of nitriles is 1. The zero-order valence-electron chi connectivity index (χ0n) is 15.0. The van der Waals surface area contributed by atoms with Crippen LogP contribution in [0.2, 0.25) is 0 Å². The Bertz CT molecular complexity index is 1050. The van der Waals surface area contributed by atoms with E-state index in [-0.39, 0.29) is 6.42 Å². The molecule has 1 N–H and O–H groups in total. The minimum Gasteiger partial charge on any atom is -0.464 e. The Labute approximate surface area is 156 Å². The van der Waals surface area contributed by atoms with Crippen LogP contribution in [0.1, 0.15) is 23.6 Å². The van der Waals surface area contributed by atoms with Crippen molar-refractivity contribution in [2.75, 3.05) is 5.32 Å². The molecule has 1 aromatic heterocycles. The molecule has 0 saturated heterocycles. The van der Waals surface area contributed by atoms with Gasteiger partial charge in [0.1, 0.15) is 11.7 Å². The predicted octanol–water partition coefficient (Wildman–Crippen LogP) is 3.73. The van der Waals surface area contributed by atoms with Crippen LogP contribution in [0, 0.1) is 18.3 Å². The fourth-order valence-corrected chi connectivity index (χ4v) is 2.70. The first kappa shape index (κ1) is 18.2. The summed E-state index contributed by atoms with van der Waals surface area (Å²) in [6, 6.07) is 14.3. The summed E-state index contributed by atoms with van der Waals surface area (Å²) in [5.74, 6) is -1.03. The number of ether oxygens (including phenoxy) is 1. The topological polar surface area (TPSA) is 92.3 Å². The van der Waals surface area contributed by atoms with Gasteiger partial charge in [0.2, 0.25) is 0 Å². The lowest BCUT2D eigenvalue weighted by molar-refractivity contribution is -0.152. The minimum absolute atomic E-state index is 0.00244. The molecule has 2 aromatic carbocycles. The maximum absolute atomic E-state index is 12.3. The van der Waals surface area contributed by atoms with Crippen LogP contribution < -0.4 is 5.32 Å². The van der Waals surface area contributed by atoms with Crippen molar-refractivity contribution in [2.45, 2.75) is 26.4 Å². The molecule has 0 aliphatic carbocycles. The minimum atomic E-state index is -0.996. The quantitative estimate of drug-likeness (QED) is 0.698. The maximum atomic E-state index is 12.3. The zero-order chi connectivity index (χ0) is 19.4. The number of nitrogens with zero attached hydrogens (tertiary/aromatic N) is 1. The number of carbonyl (C=O) groups excluding carboxylic acids is 2. The van der Waals surface area contributed by atoms with Crippen LogP contribution in [0.4, 0.5) is 5.69 Å². The van der Waals surface area contributed by atoms with Crippen molar-refractivity contribution in [1.82, 2.24) is 0 Å². The van der Waals surface area contributed by atoms with Gasteiger partial charge in [0.15, 0.2) is 6.10 Å². The molecule has 0 aliphatic heterocycles. The van der Waals surface area contributed by atoms with Crippen molar-refractivity contribution in [3.05, 3.63) is 65.4 Å². The molecular weight excluding hydrogens is 344 g/mol. The highest BCUT2D eigenvalue weighted by molar-refractivity contribution is 5.96. The van der Waals surface area contributed by atoms with E-state index in [1.165, 1.54) is 13.2 Å². The standard InChI is InChI=1S/C21H18N2O4/c1-13-7-8-17-16(12-26-19(17)9-13)10-20(24)27-14(2)21(25)23-18-6-4-3-5-15(18)11-22/h3-9,12,14H,10H2,1-2H3,(H,23,25)/t14-/m1/s1. The zero-order valence-corrected chi connectivity index (χ0v) is 15.0. The van der Waals surface area contributed by atoms with Crippen molar-refractivity contribution in [3.8, 4) is 6.07 Å². The molecule has 0 aliphatic rings. The molecule has 1 heterocycles. The van der Waals surface area contributed by atoms with Gasteiger partial charge in [-0.1, -0.05) is 24.3 Å². The van der Waals surface area contributed by atoms with Gasteiger partial charge in [0.25, 0.3) is 5.91 Å². The van der Waals surface area contributed by atoms with E-state index < -0.39 is 18.0 Å². The molecule has 136 valence electrons. The highest BCUT2D eigenvalue weighted by Crippen LogP contribution is 2.23. The Hall–Kier alpha value is -3.59. The van der Waals surface area contributed by atoms with Crippen LogP contribution in [0.15, 0.2) is 53.1 Å². The van der Waals surface area contributed by atoms with Gasteiger partial charge >= 0.3 is 5.97 Å². The number of aryl methyl sites for hydroxylation is 1. The summed E-state index contributed by atoms with van der Waals surface area (Å²) in [7, 11) is 0. The van der Waals surface area contributed by atoms with Gasteiger partial charge in [0, 0.05) is 10.9 Å². The summed E-state index contributed by atoms with van der Waals surface area (Å²) < 4.78 is 10.7. The number of furan rings is 1. The number of benzene rings is 2. The summed E-state index contributed by atoms with van der Waals surface area (Å²) in [6.45, 7) is 3.44. The van der Waals surface area contributed by atoms with Gasteiger partial charge in [-0.3, -0.25) is 9.59 Å². The summed E-state index contributed by atoms with van der Waals surface area (Å²) in [6.07, 6.45) is 0.534. The summed E-state index contributed by atoms with van der Waals surface area (Å²) in [4.78, 5) is 24.5. The SMILES string of the molecule is Cc1ccc2c(CC(=O)O[C@H](C)C(=O)Nc3ccccc3C#N)coc2c1. The summed E-state index contributed by atoms with van der Waals surface area (Å²) in [5.41, 5.74) is 3.19. The van der Waals surface area contributed by atoms with Crippen LogP contribution in [-0.2, 0) is 20.7 Å². The van der Waals surface area contributed by atoms with Gasteiger partial charge in [-0.2, -0.15) is 5.26 Å². The molecule has 6 heteroatoms. The number of esters is 1. The number of nitrogens with one attached hydrogen (secondary N) is 1. The van der Waals surface area contributed by atoms with Crippen molar-refractivity contribution in [3.63, 3.8) is 0 Å². The number of amides is 1. The third kappa shape index (κ3) is 4.15. The van der Waals surface area contributed by atoms with Crippen molar-refractivity contribution in [2.24, 2.45) is 0 Å². The highest BCUT2D eigenvalue weighted by atomic mass is 16.5. The fraction of sp³-hybridized carbons (Fsp3) is 0.190. The lowest BCUT2D eigenvalue weighted by Crippen LogP contribution is -2.30. The molecule has 27 heavy (non-hydrogen) atoms. The lowest BCUT2D eigenvalue weighted by atomic mass is 10.1. The second-order valence-electron chi connectivity index (χ2n) is 6.22. The Morgan fingerprint density at radius 3 is 2.81 bits per heavy atom. The van der Waals surface area contributed by atoms with E-state index in [9.17, 15) is 9.59 Å². The third-order valence-corrected chi connectivity index (χ3v) is 4.13. The van der Waals surface area contributed by atoms with Crippen LogP contribution in [-0.4, -0.2) is 18.0 Å². The van der Waals surface area contributed by atoms with E-state index in [4.69, 9.17) is 14.4 Å². The molecule has 6 nitrogen and oxygen atoms in total. The third-order valence-electron chi connectivity index (χ3n) is 4.13. The number of hydrogen-bond donors (Lipinski definition) is 1. The first-order chi connectivity index (χ1) is 13.0. The Morgan fingerprint density at radius 1 is 1.26 bits per heavy atom. The normalized spacial score (nSPS) is 11.6. The van der Waals surface area contributed by atoms with Gasteiger partial charge < -0.3 is 14.5 Å². The monoisotopic (exact) mass is 362 g/mol. The Kier molecular flexibility index (Phi) is 5.23. The molecule has 0 radical (unpaired) electrons. The summed E-state index contributed by atoms with van der Waals surface area (Å²) in [5, 5.41) is 12.5. The Balaban J connectivity index is 1.63. The van der Waals surface area contributed by atoms with E-state index in [1.807, 2.05) is 31.2 Å². The molecule has 3 aromatic rings. The largest absolute Gasteiger partial charge is 0.464 e. The molecular formula is C21H18N2O4. The smallest absolute Gasteiger partial charge is 0.311 e. The first-order valence-electron chi connectivity index (χ1n) is 8.44. The number of anilines is 1. The molecule has 3 rings (SSSR count). The number of para-hydroxylation sites is 1. The highest BCUT2D eigenvalue weighted by Gasteiger charge is 2.20. The van der Waals surface area contributed by atoms with Gasteiger partial charge in [0.05, 0.1) is 23.9 Å². The molecule has 0 fully saturated rings. The fourth-order valence-electron chi connectivity index (χ4n) is 2.70. The molecule has 0 unspecified atom stereocenters. The maximum Gasteiger partial charge on any atom is 0.311 e. The second kappa shape index (κ2) is 7.75. The van der Waals surface area contributed by atoms with Crippen molar-refractivity contribution in [1.29, 1.82) is 5.26 Å². The number of fused-ring (bicyclic) bond motifs is 1. The predicted molar refractivity (Wildman–Crippen MR) is 100.0 cm³/mol. The van der Waals surface area contributed by atoms with Crippen LogP contribution in [0.3, 0.4) is 0 Å². The van der Waals surface area contributed by atoms with Crippen LogP contribution >= 0.6 is 0 Å². The van der Waals surface area contributed by atoms with Gasteiger partial charge in [-0.25, -0.2) is 0 Å². The average Bonchev–Trinajstić information content (AvgIpc) is 3.03. The van der Waals surface area contributed by atoms with Crippen LogP contribution in [0.25, 0.3) is 11.0 Å². The van der Waals surface area contributed by atoms with Crippen molar-refractivity contribution >= 4 is 28.5 Å². The molecule has 0 spiro atoms. The number of rotatable bonds is 5. The lowest BCUT2D eigenvalue weighted by Gasteiger charge is -2.14. The average molecular weight is 362 g/mol. The van der Waals surface area contributed by atoms with Crippen molar-refractivity contribution < 1.29 is 18.7 Å². The Morgan fingerprint density at radius 2 is 2.04 bits per heavy atom.